The van der Waals surface area contributed by atoms with Gasteiger partial charge in [0.05, 0.1) is 6.04 Å². The summed E-state index contributed by atoms with van der Waals surface area (Å²) in [5.74, 6) is 0.0565. The minimum absolute atomic E-state index is 0.0565. The molecular weight excluding hydrogens is 274 g/mol. The molecule has 0 atom stereocenters. The number of carbonyl (C=O) groups is 2. The quantitative estimate of drug-likeness (QED) is 0.575. The van der Waals surface area contributed by atoms with E-state index in [0.29, 0.717) is 0 Å². The van der Waals surface area contributed by atoms with E-state index >= 15 is 0 Å². The highest BCUT2D eigenvalue weighted by Crippen LogP contribution is 2.23. The molecule has 1 saturated carbocycles. The first kappa shape index (κ1) is 17.3. The molecule has 0 bridgehead atoms. The molecule has 0 unspecified atom stereocenters. The predicted octanol–water partition coefficient (Wildman–Crippen LogP) is 2.55. The van der Waals surface area contributed by atoms with Crippen LogP contribution in [0.4, 0.5) is 9.59 Å². The van der Waals surface area contributed by atoms with E-state index in [1.165, 1.54) is 0 Å². The third kappa shape index (κ3) is 8.88. The van der Waals surface area contributed by atoms with E-state index in [1.54, 1.807) is 41.5 Å². The molecule has 120 valence electrons. The smallest absolute Gasteiger partial charge is 0.414 e. The number of nitrogens with one attached hydrogen (secondary N) is 2. The van der Waals surface area contributed by atoms with Crippen molar-refractivity contribution in [3.63, 3.8) is 0 Å². The first-order valence-electron chi connectivity index (χ1n) is 7.02. The standard InChI is InChI=1S/C14H25N3O4/c1-13(2,3)20-11(18)16-10(15-9-7-8-9)17-12(19)21-14(4,5)6/h9H,7-8H2,1-6H3,(H2,15,16,17,18,19). The van der Waals surface area contributed by atoms with Crippen molar-refractivity contribution in [1.82, 2.24) is 10.6 Å². The van der Waals surface area contributed by atoms with E-state index in [9.17, 15) is 9.59 Å². The Morgan fingerprint density at radius 1 is 0.905 bits per heavy atom. The number of guanidine groups is 1. The van der Waals surface area contributed by atoms with Crippen molar-refractivity contribution >= 4 is 18.1 Å². The molecule has 0 radical (unpaired) electrons. The number of aliphatic imine (C=N–C) groups is 1. The summed E-state index contributed by atoms with van der Waals surface area (Å²) in [6.45, 7) is 10.5. The summed E-state index contributed by atoms with van der Waals surface area (Å²) in [6.07, 6.45) is 0.543. The molecule has 0 aromatic rings. The van der Waals surface area contributed by atoms with Crippen LogP contribution in [0, 0.1) is 0 Å². The molecule has 7 nitrogen and oxygen atoms in total. The molecule has 0 heterocycles. The van der Waals surface area contributed by atoms with Crippen molar-refractivity contribution in [2.24, 2.45) is 4.99 Å². The predicted molar refractivity (Wildman–Crippen MR) is 79.2 cm³/mol. The second-order valence-electron chi connectivity index (χ2n) is 6.96. The fourth-order valence-electron chi connectivity index (χ4n) is 1.28. The number of nitrogens with zero attached hydrogens (tertiary/aromatic N) is 1. The van der Waals surface area contributed by atoms with Gasteiger partial charge in [0.25, 0.3) is 0 Å². The lowest BCUT2D eigenvalue weighted by Gasteiger charge is -2.22. The molecule has 1 aliphatic carbocycles. The van der Waals surface area contributed by atoms with Gasteiger partial charge in [0.1, 0.15) is 11.2 Å². The summed E-state index contributed by atoms with van der Waals surface area (Å²) in [5, 5.41) is 4.88. The van der Waals surface area contributed by atoms with E-state index in [0.717, 1.165) is 12.8 Å². The molecule has 0 aromatic heterocycles. The highest BCUT2D eigenvalue weighted by Gasteiger charge is 2.25. The van der Waals surface area contributed by atoms with Crippen LogP contribution < -0.4 is 10.6 Å². The van der Waals surface area contributed by atoms with E-state index in [2.05, 4.69) is 15.6 Å². The number of hydrogen-bond acceptors (Lipinski definition) is 5. The average Bonchev–Trinajstić information content (AvgIpc) is 2.93. The van der Waals surface area contributed by atoms with Gasteiger partial charge in [0.15, 0.2) is 0 Å². The molecule has 1 rings (SSSR count). The Balaban J connectivity index is 2.61. The molecule has 0 saturated heterocycles. The van der Waals surface area contributed by atoms with Crippen LogP contribution in [0.3, 0.4) is 0 Å². The van der Waals surface area contributed by atoms with Crippen LogP contribution in [0.5, 0.6) is 0 Å². The number of amides is 2. The van der Waals surface area contributed by atoms with Gasteiger partial charge in [0, 0.05) is 0 Å². The summed E-state index contributed by atoms with van der Waals surface area (Å²) in [6, 6.07) is 0.130. The minimum Gasteiger partial charge on any atom is -0.444 e. The molecule has 2 amide bonds. The van der Waals surface area contributed by atoms with E-state index in [4.69, 9.17) is 9.47 Å². The molecule has 1 aliphatic rings. The van der Waals surface area contributed by atoms with E-state index < -0.39 is 23.4 Å². The Morgan fingerprint density at radius 2 is 1.29 bits per heavy atom. The summed E-state index contributed by atoms with van der Waals surface area (Å²) >= 11 is 0. The lowest BCUT2D eigenvalue weighted by Crippen LogP contribution is -2.47. The van der Waals surface area contributed by atoms with Gasteiger partial charge in [-0.2, -0.15) is 0 Å². The van der Waals surface area contributed by atoms with Crippen LogP contribution in [-0.4, -0.2) is 35.4 Å². The number of ether oxygens (including phenoxy) is 2. The Hall–Kier alpha value is -1.79. The normalized spacial score (nSPS) is 15.0. The van der Waals surface area contributed by atoms with Crippen LogP contribution in [0.1, 0.15) is 54.4 Å². The van der Waals surface area contributed by atoms with Gasteiger partial charge in [0.2, 0.25) is 5.96 Å². The highest BCUT2D eigenvalue weighted by atomic mass is 16.6. The van der Waals surface area contributed by atoms with Gasteiger partial charge in [-0.15, -0.1) is 0 Å². The fraction of sp³-hybridized carbons (Fsp3) is 0.786. The van der Waals surface area contributed by atoms with Crippen LogP contribution in [0.15, 0.2) is 4.99 Å². The maximum Gasteiger partial charge on any atom is 0.414 e. The van der Waals surface area contributed by atoms with Crippen molar-refractivity contribution in [3.05, 3.63) is 0 Å². The van der Waals surface area contributed by atoms with Crippen molar-refractivity contribution in [2.75, 3.05) is 0 Å². The van der Waals surface area contributed by atoms with Gasteiger partial charge >= 0.3 is 12.2 Å². The number of rotatable bonds is 1. The SMILES string of the molecule is CC(C)(C)OC(=O)NC(=NC1CC1)NC(=O)OC(C)(C)C. The Kier molecular flexibility index (Phi) is 5.20. The van der Waals surface area contributed by atoms with Crippen LogP contribution in [0.25, 0.3) is 0 Å². The fourth-order valence-corrected chi connectivity index (χ4v) is 1.28. The van der Waals surface area contributed by atoms with Crippen molar-refractivity contribution < 1.29 is 19.1 Å². The first-order valence-corrected chi connectivity index (χ1v) is 7.02. The second kappa shape index (κ2) is 6.32. The Morgan fingerprint density at radius 3 is 1.57 bits per heavy atom. The average molecular weight is 299 g/mol. The molecular formula is C14H25N3O4. The second-order valence-corrected chi connectivity index (χ2v) is 6.96. The van der Waals surface area contributed by atoms with Gasteiger partial charge in [-0.25, -0.2) is 14.6 Å². The van der Waals surface area contributed by atoms with E-state index in [1.807, 2.05) is 0 Å². The topological polar surface area (TPSA) is 89.0 Å². The summed E-state index contributed by atoms with van der Waals surface area (Å²) in [7, 11) is 0. The van der Waals surface area contributed by atoms with Gasteiger partial charge < -0.3 is 9.47 Å². The van der Waals surface area contributed by atoms with Crippen molar-refractivity contribution in [1.29, 1.82) is 0 Å². The summed E-state index contributed by atoms with van der Waals surface area (Å²) in [5.41, 5.74) is -1.25. The number of alkyl carbamates (subject to hydrolysis) is 2. The molecule has 21 heavy (non-hydrogen) atoms. The highest BCUT2D eigenvalue weighted by molar-refractivity contribution is 6.01. The zero-order valence-corrected chi connectivity index (χ0v) is 13.6. The lowest BCUT2D eigenvalue weighted by atomic mass is 10.2. The van der Waals surface area contributed by atoms with Crippen molar-refractivity contribution in [3.8, 4) is 0 Å². The molecule has 1 fully saturated rings. The number of hydrogen-bond donors (Lipinski definition) is 2. The monoisotopic (exact) mass is 299 g/mol. The maximum atomic E-state index is 11.7. The molecule has 2 N–H and O–H groups in total. The number of carbonyl (C=O) groups excluding carboxylic acids is 2. The van der Waals surface area contributed by atoms with Gasteiger partial charge in [-0.05, 0) is 54.4 Å². The zero-order chi connectivity index (χ0) is 16.3. The minimum atomic E-state index is -0.669. The van der Waals surface area contributed by atoms with Crippen LogP contribution in [-0.2, 0) is 9.47 Å². The Labute approximate surface area is 125 Å². The van der Waals surface area contributed by atoms with Crippen molar-refractivity contribution in [2.45, 2.75) is 71.6 Å². The molecule has 0 aromatic carbocycles. The first-order chi connectivity index (χ1) is 9.44. The van der Waals surface area contributed by atoms with Crippen LogP contribution in [0.2, 0.25) is 0 Å². The Bertz CT molecular complexity index is 396. The van der Waals surface area contributed by atoms with E-state index in [-0.39, 0.29) is 12.0 Å². The molecule has 0 spiro atoms. The third-order valence-electron chi connectivity index (χ3n) is 2.10. The lowest BCUT2D eigenvalue weighted by molar-refractivity contribution is 0.0545. The molecule has 0 aliphatic heterocycles. The summed E-state index contributed by atoms with van der Waals surface area (Å²) in [4.78, 5) is 27.7. The van der Waals surface area contributed by atoms with Gasteiger partial charge in [-0.3, -0.25) is 10.6 Å². The largest absolute Gasteiger partial charge is 0.444 e. The zero-order valence-electron chi connectivity index (χ0n) is 13.6. The maximum absolute atomic E-state index is 11.7. The third-order valence-corrected chi connectivity index (χ3v) is 2.10. The van der Waals surface area contributed by atoms with Crippen LogP contribution >= 0.6 is 0 Å². The van der Waals surface area contributed by atoms with Gasteiger partial charge in [-0.1, -0.05) is 0 Å². The summed E-state index contributed by atoms with van der Waals surface area (Å²) < 4.78 is 10.3. The molecule has 7 heteroatoms.